The van der Waals surface area contributed by atoms with Crippen molar-refractivity contribution in [3.63, 3.8) is 0 Å². The van der Waals surface area contributed by atoms with Crippen LogP contribution in [-0.4, -0.2) is 57.9 Å². The maximum atomic E-state index is 12.8. The van der Waals surface area contributed by atoms with Crippen LogP contribution in [0.25, 0.3) is 0 Å². The fourth-order valence-corrected chi connectivity index (χ4v) is 3.63. The second-order valence-corrected chi connectivity index (χ2v) is 7.28. The molecule has 28 heavy (non-hydrogen) atoms. The molecule has 0 aromatic carbocycles. The summed E-state index contributed by atoms with van der Waals surface area (Å²) in [6.07, 6.45) is 4.32. The van der Waals surface area contributed by atoms with Gasteiger partial charge in [0.15, 0.2) is 5.13 Å². The third-order valence-corrected chi connectivity index (χ3v) is 5.10. The Kier molecular flexibility index (Phi) is 6.42. The second-order valence-electron chi connectivity index (χ2n) is 6.02. The monoisotopic (exact) mass is 422 g/mol. The van der Waals surface area contributed by atoms with Crippen molar-refractivity contribution in [2.45, 2.75) is 18.9 Å². The molecule has 2 aromatic heterocycles. The summed E-state index contributed by atoms with van der Waals surface area (Å²) in [5, 5.41) is 8.09. The Morgan fingerprint density at radius 1 is 1.46 bits per heavy atom. The van der Waals surface area contributed by atoms with Gasteiger partial charge in [0.2, 0.25) is 17.7 Å². The van der Waals surface area contributed by atoms with Crippen molar-refractivity contribution >= 4 is 45.8 Å². The van der Waals surface area contributed by atoms with Crippen molar-refractivity contribution in [1.82, 2.24) is 19.9 Å². The Bertz CT molecular complexity index is 890. The molecule has 0 aliphatic carbocycles. The number of aromatic nitrogens is 3. The van der Waals surface area contributed by atoms with Gasteiger partial charge >= 0.3 is 0 Å². The SMILES string of the molecule is C=CC(=O)Nc1nc(C(=O)N2CCCC(Nc3ncc(Cl)c(OC)n3)C2)cs1. The topological polar surface area (TPSA) is 109 Å². The van der Waals surface area contributed by atoms with Crippen LogP contribution in [0, 0.1) is 0 Å². The number of nitrogens with one attached hydrogen (secondary N) is 2. The number of thiazole rings is 1. The molecule has 2 amide bonds. The number of nitrogens with zero attached hydrogens (tertiary/aromatic N) is 4. The molecule has 11 heteroatoms. The minimum atomic E-state index is -0.367. The minimum Gasteiger partial charge on any atom is -0.480 e. The normalized spacial score (nSPS) is 16.4. The lowest BCUT2D eigenvalue weighted by Gasteiger charge is -2.32. The Balaban J connectivity index is 1.63. The van der Waals surface area contributed by atoms with Gasteiger partial charge < -0.3 is 15.0 Å². The predicted octanol–water partition coefficient (Wildman–Crippen LogP) is 2.44. The van der Waals surface area contributed by atoms with Gasteiger partial charge in [-0.25, -0.2) is 9.97 Å². The van der Waals surface area contributed by atoms with Gasteiger partial charge in [-0.2, -0.15) is 4.98 Å². The molecular formula is C17H19ClN6O3S. The lowest BCUT2D eigenvalue weighted by atomic mass is 10.1. The zero-order chi connectivity index (χ0) is 20.1. The second kappa shape index (κ2) is 8.98. The Morgan fingerprint density at radius 3 is 3.04 bits per heavy atom. The molecule has 0 spiro atoms. The van der Waals surface area contributed by atoms with Gasteiger partial charge in [0.05, 0.1) is 13.3 Å². The highest BCUT2D eigenvalue weighted by Gasteiger charge is 2.26. The van der Waals surface area contributed by atoms with Gasteiger partial charge in [-0.3, -0.25) is 14.9 Å². The molecule has 148 valence electrons. The van der Waals surface area contributed by atoms with Gasteiger partial charge in [0.25, 0.3) is 5.91 Å². The highest BCUT2D eigenvalue weighted by Crippen LogP contribution is 2.23. The number of piperidine rings is 1. The molecule has 2 aromatic rings. The van der Waals surface area contributed by atoms with E-state index in [1.807, 2.05) is 0 Å². The standard InChI is InChI=1S/C17H19ClN6O3S/c1-3-13(25)22-17-21-12(9-28-17)15(26)24-6-4-5-10(8-24)20-16-19-7-11(18)14(23-16)27-2/h3,7,9-10H,1,4-6,8H2,2H3,(H,19,20,23)(H,21,22,25). The molecule has 0 radical (unpaired) electrons. The maximum Gasteiger partial charge on any atom is 0.273 e. The van der Waals surface area contributed by atoms with Gasteiger partial charge in [0.1, 0.15) is 10.7 Å². The van der Waals surface area contributed by atoms with Crippen LogP contribution >= 0.6 is 22.9 Å². The van der Waals surface area contributed by atoms with Crippen molar-refractivity contribution in [3.8, 4) is 5.88 Å². The summed E-state index contributed by atoms with van der Waals surface area (Å²) in [4.78, 5) is 38.4. The van der Waals surface area contributed by atoms with Crippen LogP contribution in [0.5, 0.6) is 5.88 Å². The molecule has 1 saturated heterocycles. The lowest BCUT2D eigenvalue weighted by Crippen LogP contribution is -2.45. The van der Waals surface area contributed by atoms with Crippen molar-refractivity contribution < 1.29 is 14.3 Å². The molecule has 0 saturated carbocycles. The fourth-order valence-electron chi connectivity index (χ4n) is 2.77. The summed E-state index contributed by atoms with van der Waals surface area (Å²) < 4.78 is 5.10. The largest absolute Gasteiger partial charge is 0.480 e. The zero-order valence-electron chi connectivity index (χ0n) is 15.1. The van der Waals surface area contributed by atoms with E-state index in [-0.39, 0.29) is 17.9 Å². The number of likely N-dealkylation sites (tertiary alicyclic amines) is 1. The molecule has 0 bridgehead atoms. The Labute approximate surface area is 170 Å². The van der Waals surface area contributed by atoms with E-state index in [0.29, 0.717) is 40.8 Å². The van der Waals surface area contributed by atoms with Crippen molar-refractivity contribution in [3.05, 3.63) is 34.9 Å². The molecule has 1 aliphatic heterocycles. The van der Waals surface area contributed by atoms with Crippen LogP contribution in [0.4, 0.5) is 11.1 Å². The van der Waals surface area contributed by atoms with E-state index in [2.05, 4.69) is 32.2 Å². The van der Waals surface area contributed by atoms with Crippen LogP contribution in [0.1, 0.15) is 23.3 Å². The number of carbonyl (C=O) groups excluding carboxylic acids is 2. The molecule has 2 N–H and O–H groups in total. The number of methoxy groups -OCH3 is 1. The third kappa shape index (κ3) is 4.76. The molecule has 3 heterocycles. The van der Waals surface area contributed by atoms with Gasteiger partial charge in [0, 0.05) is 24.5 Å². The summed E-state index contributed by atoms with van der Waals surface area (Å²) in [6, 6.07) is -0.0119. The van der Waals surface area contributed by atoms with Gasteiger partial charge in [-0.15, -0.1) is 11.3 Å². The van der Waals surface area contributed by atoms with Crippen LogP contribution in [0.15, 0.2) is 24.2 Å². The number of hydrogen-bond acceptors (Lipinski definition) is 8. The number of anilines is 2. The number of amides is 2. The summed E-state index contributed by atoms with van der Waals surface area (Å²) in [7, 11) is 1.48. The van der Waals surface area contributed by atoms with Gasteiger partial charge in [-0.05, 0) is 18.9 Å². The molecule has 1 fully saturated rings. The number of ether oxygens (including phenoxy) is 1. The molecule has 1 unspecified atom stereocenters. The minimum absolute atomic E-state index is 0.0119. The van der Waals surface area contributed by atoms with Crippen molar-refractivity contribution in [1.29, 1.82) is 0 Å². The average Bonchev–Trinajstić information content (AvgIpc) is 3.17. The summed E-state index contributed by atoms with van der Waals surface area (Å²) >= 11 is 7.14. The first-order chi connectivity index (χ1) is 13.5. The van der Waals surface area contributed by atoms with E-state index in [0.717, 1.165) is 18.9 Å². The van der Waals surface area contributed by atoms with E-state index in [1.165, 1.54) is 24.6 Å². The molecular weight excluding hydrogens is 404 g/mol. The first kappa shape index (κ1) is 20.0. The Morgan fingerprint density at radius 2 is 2.29 bits per heavy atom. The Hall–Kier alpha value is -2.72. The van der Waals surface area contributed by atoms with E-state index >= 15 is 0 Å². The highest BCUT2D eigenvalue weighted by atomic mass is 35.5. The van der Waals surface area contributed by atoms with Crippen LogP contribution in [-0.2, 0) is 4.79 Å². The molecule has 3 rings (SSSR count). The summed E-state index contributed by atoms with van der Waals surface area (Å²) in [5.74, 6) is 0.133. The number of carbonyl (C=O) groups is 2. The molecule has 1 aliphatic rings. The first-order valence-electron chi connectivity index (χ1n) is 8.51. The molecule has 9 nitrogen and oxygen atoms in total. The molecule has 1 atom stereocenters. The predicted molar refractivity (Wildman–Crippen MR) is 107 cm³/mol. The zero-order valence-corrected chi connectivity index (χ0v) is 16.7. The van der Waals surface area contributed by atoms with Crippen LogP contribution in [0.3, 0.4) is 0 Å². The lowest BCUT2D eigenvalue weighted by molar-refractivity contribution is -0.111. The summed E-state index contributed by atoms with van der Waals surface area (Å²) in [5.41, 5.74) is 0.300. The third-order valence-electron chi connectivity index (χ3n) is 4.09. The number of halogens is 1. The van der Waals surface area contributed by atoms with Gasteiger partial charge in [-0.1, -0.05) is 18.2 Å². The highest BCUT2D eigenvalue weighted by molar-refractivity contribution is 7.14. The van der Waals surface area contributed by atoms with E-state index in [1.54, 1.807) is 10.3 Å². The fraction of sp³-hybridized carbons (Fsp3) is 0.353. The van der Waals surface area contributed by atoms with E-state index in [9.17, 15) is 9.59 Å². The van der Waals surface area contributed by atoms with Crippen LogP contribution in [0.2, 0.25) is 5.02 Å². The maximum absolute atomic E-state index is 12.8. The quantitative estimate of drug-likeness (QED) is 0.688. The van der Waals surface area contributed by atoms with E-state index in [4.69, 9.17) is 16.3 Å². The van der Waals surface area contributed by atoms with Crippen LogP contribution < -0.4 is 15.4 Å². The number of rotatable bonds is 6. The first-order valence-corrected chi connectivity index (χ1v) is 9.77. The van der Waals surface area contributed by atoms with Crippen molar-refractivity contribution in [2.75, 3.05) is 30.8 Å². The number of hydrogen-bond donors (Lipinski definition) is 2. The smallest absolute Gasteiger partial charge is 0.273 e. The summed E-state index contributed by atoms with van der Waals surface area (Å²) in [6.45, 7) is 4.51. The van der Waals surface area contributed by atoms with E-state index < -0.39 is 0 Å². The van der Waals surface area contributed by atoms with Crippen molar-refractivity contribution in [2.24, 2.45) is 0 Å². The average molecular weight is 423 g/mol.